The summed E-state index contributed by atoms with van der Waals surface area (Å²) >= 11 is 1.53. The van der Waals surface area contributed by atoms with Crippen molar-refractivity contribution in [1.29, 1.82) is 0 Å². The van der Waals surface area contributed by atoms with Crippen LogP contribution in [-0.2, 0) is 6.61 Å². The molecule has 3 nitrogen and oxygen atoms in total. The number of aromatic nitrogens is 2. The first-order valence-corrected chi connectivity index (χ1v) is 6.97. The summed E-state index contributed by atoms with van der Waals surface area (Å²) in [5.74, 6) is 2.04. The van der Waals surface area contributed by atoms with E-state index in [-0.39, 0.29) is 0 Å². The van der Waals surface area contributed by atoms with E-state index in [0.717, 1.165) is 24.5 Å². The summed E-state index contributed by atoms with van der Waals surface area (Å²) in [6.45, 7) is 0.497. The van der Waals surface area contributed by atoms with Gasteiger partial charge in [-0.2, -0.15) is 0 Å². The van der Waals surface area contributed by atoms with Crippen LogP contribution in [0.1, 0.15) is 5.69 Å². The largest absolute Gasteiger partial charge is 0.483 e. The quantitative estimate of drug-likeness (QED) is 0.615. The second kappa shape index (κ2) is 5.83. The molecule has 2 heterocycles. The predicted octanol–water partition coefficient (Wildman–Crippen LogP) is 3.36. The molecule has 0 saturated carbocycles. The van der Waals surface area contributed by atoms with Crippen molar-refractivity contribution in [2.75, 3.05) is 6.26 Å². The third kappa shape index (κ3) is 3.19. The van der Waals surface area contributed by atoms with Crippen LogP contribution in [0.4, 0.5) is 0 Å². The third-order valence-corrected chi connectivity index (χ3v) is 3.30. The molecule has 2 aromatic heterocycles. The molecule has 82 valence electrons. The van der Waals surface area contributed by atoms with Gasteiger partial charge in [-0.3, -0.25) is 0 Å². The summed E-state index contributed by atoms with van der Waals surface area (Å²) in [5.41, 5.74) is 1.86. The zero-order valence-electron chi connectivity index (χ0n) is 8.83. The van der Waals surface area contributed by atoms with Crippen molar-refractivity contribution in [1.82, 2.24) is 9.97 Å². The fourth-order valence-electron chi connectivity index (χ4n) is 1.14. The molecule has 0 aromatic carbocycles. The van der Waals surface area contributed by atoms with Crippen LogP contribution in [0.2, 0.25) is 0 Å². The van der Waals surface area contributed by atoms with Gasteiger partial charge >= 0.3 is 0 Å². The molecular formula is C11H11N2OPS. The Kier molecular flexibility index (Phi) is 4.14. The average Bonchev–Trinajstić information content (AvgIpc) is 2.38. The van der Waals surface area contributed by atoms with Crippen LogP contribution in [0.5, 0.6) is 5.48 Å². The highest BCUT2D eigenvalue weighted by molar-refractivity contribution is 7.98. The molecule has 0 fully saturated rings. The Hall–Kier alpha value is -1.12. The van der Waals surface area contributed by atoms with Gasteiger partial charge in [-0.15, -0.1) is 0 Å². The first-order valence-electron chi connectivity index (χ1n) is 4.78. The normalized spacial score (nSPS) is 10.6. The maximum atomic E-state index is 5.64. The number of hydrogen-bond acceptors (Lipinski definition) is 4. The van der Waals surface area contributed by atoms with Crippen molar-refractivity contribution in [2.24, 2.45) is 0 Å². The lowest BCUT2D eigenvalue weighted by atomic mass is 10.4. The molecule has 0 unspecified atom stereocenters. The van der Waals surface area contributed by atoms with E-state index in [2.05, 4.69) is 9.97 Å². The van der Waals surface area contributed by atoms with Gasteiger partial charge < -0.3 is 4.74 Å². The maximum absolute atomic E-state index is 5.64. The molecular weight excluding hydrogens is 239 g/mol. The SMILES string of the molecule is CSc1nccc(COc2ccccp2)n1. The van der Waals surface area contributed by atoms with Crippen LogP contribution in [0, 0.1) is 0 Å². The first-order chi connectivity index (χ1) is 7.88. The Morgan fingerprint density at radius 3 is 3.06 bits per heavy atom. The minimum atomic E-state index is 0.497. The average molecular weight is 250 g/mol. The van der Waals surface area contributed by atoms with Crippen LogP contribution >= 0.6 is 20.0 Å². The van der Waals surface area contributed by atoms with E-state index in [1.807, 2.05) is 36.3 Å². The van der Waals surface area contributed by atoms with Crippen LogP contribution in [0.25, 0.3) is 0 Å². The molecule has 0 aliphatic carbocycles. The zero-order valence-corrected chi connectivity index (χ0v) is 10.5. The van der Waals surface area contributed by atoms with E-state index in [0.29, 0.717) is 6.61 Å². The second-order valence-corrected chi connectivity index (χ2v) is 4.76. The predicted molar refractivity (Wildman–Crippen MR) is 67.1 cm³/mol. The van der Waals surface area contributed by atoms with Crippen molar-refractivity contribution in [2.45, 2.75) is 11.8 Å². The Morgan fingerprint density at radius 1 is 1.38 bits per heavy atom. The summed E-state index contributed by atoms with van der Waals surface area (Å²) < 4.78 is 5.64. The Balaban J connectivity index is 1.99. The van der Waals surface area contributed by atoms with Crippen molar-refractivity contribution in [3.05, 3.63) is 42.0 Å². The molecule has 0 amide bonds. The highest BCUT2D eigenvalue weighted by Gasteiger charge is 1.99. The van der Waals surface area contributed by atoms with Crippen molar-refractivity contribution >= 4 is 20.0 Å². The van der Waals surface area contributed by atoms with E-state index < -0.39 is 0 Å². The van der Waals surface area contributed by atoms with E-state index in [1.165, 1.54) is 11.8 Å². The van der Waals surface area contributed by atoms with Crippen molar-refractivity contribution < 1.29 is 4.74 Å². The topological polar surface area (TPSA) is 35.0 Å². The smallest absolute Gasteiger partial charge is 0.187 e. The van der Waals surface area contributed by atoms with E-state index in [4.69, 9.17) is 4.74 Å². The van der Waals surface area contributed by atoms with Crippen molar-refractivity contribution in [3.63, 3.8) is 0 Å². The summed E-state index contributed by atoms with van der Waals surface area (Å²) in [6.07, 6.45) is 3.72. The molecule has 2 rings (SSSR count). The van der Waals surface area contributed by atoms with Crippen LogP contribution in [0.3, 0.4) is 0 Å². The van der Waals surface area contributed by atoms with E-state index in [1.54, 1.807) is 6.20 Å². The molecule has 16 heavy (non-hydrogen) atoms. The highest BCUT2D eigenvalue weighted by atomic mass is 32.2. The maximum Gasteiger partial charge on any atom is 0.187 e. The summed E-state index contributed by atoms with van der Waals surface area (Å²) in [7, 11) is 1.10. The minimum absolute atomic E-state index is 0.497. The molecule has 0 saturated heterocycles. The Labute approximate surface area is 100 Å². The third-order valence-electron chi connectivity index (χ3n) is 1.88. The van der Waals surface area contributed by atoms with E-state index >= 15 is 0 Å². The number of rotatable bonds is 4. The molecule has 0 N–H and O–H groups in total. The summed E-state index contributed by atoms with van der Waals surface area (Å²) in [5, 5.41) is 0.780. The second-order valence-electron chi connectivity index (χ2n) is 2.99. The van der Waals surface area contributed by atoms with Gasteiger partial charge in [0.05, 0.1) is 5.69 Å². The monoisotopic (exact) mass is 250 g/mol. The number of nitrogens with zero attached hydrogens (tertiary/aromatic N) is 2. The fourth-order valence-corrected chi connectivity index (χ4v) is 2.15. The van der Waals surface area contributed by atoms with Gasteiger partial charge in [-0.1, -0.05) is 23.9 Å². The van der Waals surface area contributed by atoms with Gasteiger partial charge in [0.2, 0.25) is 0 Å². The number of hydrogen-bond donors (Lipinski definition) is 0. The zero-order chi connectivity index (χ0) is 11.2. The highest BCUT2D eigenvalue weighted by Crippen LogP contribution is 2.22. The lowest BCUT2D eigenvalue weighted by Crippen LogP contribution is -1.99. The van der Waals surface area contributed by atoms with Crippen molar-refractivity contribution in [3.8, 4) is 5.48 Å². The minimum Gasteiger partial charge on any atom is -0.483 e. The van der Waals surface area contributed by atoms with Gasteiger partial charge in [0.15, 0.2) is 5.16 Å². The summed E-state index contributed by atoms with van der Waals surface area (Å²) in [4.78, 5) is 8.46. The van der Waals surface area contributed by atoms with E-state index in [9.17, 15) is 0 Å². The Morgan fingerprint density at radius 2 is 2.31 bits per heavy atom. The Bertz CT molecular complexity index is 453. The van der Waals surface area contributed by atoms with Gasteiger partial charge in [0.1, 0.15) is 12.1 Å². The van der Waals surface area contributed by atoms with Crippen LogP contribution in [-0.4, -0.2) is 16.2 Å². The van der Waals surface area contributed by atoms with Crippen LogP contribution < -0.4 is 4.74 Å². The lowest BCUT2D eigenvalue weighted by molar-refractivity contribution is 0.309. The first kappa shape index (κ1) is 11.4. The summed E-state index contributed by atoms with van der Waals surface area (Å²) in [6, 6.07) is 7.82. The molecule has 5 heteroatoms. The number of thioether (sulfide) groups is 1. The van der Waals surface area contributed by atoms with Gasteiger partial charge in [-0.25, -0.2) is 9.97 Å². The fraction of sp³-hybridized carbons (Fsp3) is 0.182. The van der Waals surface area contributed by atoms with Gasteiger partial charge in [0, 0.05) is 6.20 Å². The van der Waals surface area contributed by atoms with Gasteiger partial charge in [-0.05, 0) is 32.4 Å². The molecule has 0 radical (unpaired) electrons. The van der Waals surface area contributed by atoms with Crippen LogP contribution in [0.15, 0.2) is 41.4 Å². The molecule has 0 aliphatic heterocycles. The van der Waals surface area contributed by atoms with Gasteiger partial charge in [0.25, 0.3) is 0 Å². The molecule has 0 aliphatic rings. The number of ether oxygens (including phenoxy) is 1. The molecule has 0 bridgehead atoms. The molecule has 0 spiro atoms. The molecule has 0 atom stereocenters. The molecule has 2 aromatic rings. The lowest BCUT2D eigenvalue weighted by Gasteiger charge is -2.05. The standard InChI is InChI=1S/C11H11N2OPS/c1-16-11-12-6-5-9(13-11)8-14-10-4-2-3-7-15-10/h2-7H,8H2,1H3.